The molecule has 1 saturated heterocycles. The van der Waals surface area contributed by atoms with Gasteiger partial charge < -0.3 is 22.0 Å². The molecule has 0 bridgehead atoms. The average Bonchev–Trinajstić information content (AvgIpc) is 2.84. The molecule has 2 rings (SSSR count). The Bertz CT molecular complexity index is 705. The fraction of sp³-hybridized carbons (Fsp3) is 0.421. The maximum Gasteiger partial charge on any atom is 0.305 e. The van der Waals surface area contributed by atoms with E-state index in [-0.39, 0.29) is 30.7 Å². The molecule has 0 aromatic heterocycles. The number of thioether (sulfide) groups is 1. The number of carbonyl (C=O) groups excluding carboxylic acids is 2. The van der Waals surface area contributed by atoms with Crippen LogP contribution < -0.4 is 12.4 Å². The summed E-state index contributed by atoms with van der Waals surface area (Å²) in [6.07, 6.45) is 2.67. The van der Waals surface area contributed by atoms with E-state index < -0.39 is 0 Å². The number of hydrogen-bond acceptors (Lipinski definition) is 6. The van der Waals surface area contributed by atoms with E-state index in [1.54, 1.807) is 4.90 Å². The van der Waals surface area contributed by atoms with Crippen LogP contribution >= 0.6 is 24.0 Å². The number of thiocarbonyl (C=S) groups is 1. The van der Waals surface area contributed by atoms with Crippen molar-refractivity contribution < 1.29 is 26.7 Å². The molecule has 0 atom stereocenters. The average molecular weight is 428 g/mol. The van der Waals surface area contributed by atoms with Gasteiger partial charge in [0.25, 0.3) is 5.91 Å². The van der Waals surface area contributed by atoms with Gasteiger partial charge in [-0.2, -0.15) is 0 Å². The molecular weight excluding hydrogens is 404 g/mol. The zero-order valence-corrected chi connectivity index (χ0v) is 18.1. The number of carbonyl (C=O) groups is 2. The number of likely N-dealkylation sites (N-methyl/N-ethyl adjacent to an activating group) is 1. The van der Waals surface area contributed by atoms with Gasteiger partial charge in [0.05, 0.1) is 4.91 Å². The Balaban J connectivity index is 0.00000364. The molecule has 5 nitrogen and oxygen atoms in total. The van der Waals surface area contributed by atoms with Crippen LogP contribution in [-0.2, 0) is 14.3 Å². The van der Waals surface area contributed by atoms with Crippen molar-refractivity contribution in [3.63, 3.8) is 0 Å². The molecular formula is C19H24ClN2O3S2-. The Labute approximate surface area is 176 Å². The number of nitrogens with zero attached hydrogens (tertiary/aromatic N) is 2. The summed E-state index contributed by atoms with van der Waals surface area (Å²) >= 11 is 6.62. The molecule has 27 heavy (non-hydrogen) atoms. The quantitative estimate of drug-likeness (QED) is 0.333. The van der Waals surface area contributed by atoms with Gasteiger partial charge in [-0.3, -0.25) is 14.5 Å². The lowest BCUT2D eigenvalue weighted by atomic mass is 10.1. The van der Waals surface area contributed by atoms with Crippen LogP contribution in [0.3, 0.4) is 0 Å². The van der Waals surface area contributed by atoms with Crippen LogP contribution in [0.2, 0.25) is 0 Å². The van der Waals surface area contributed by atoms with Crippen molar-refractivity contribution in [3.05, 3.63) is 40.3 Å². The smallest absolute Gasteiger partial charge is 0.305 e. The highest BCUT2D eigenvalue weighted by Crippen LogP contribution is 2.32. The molecule has 1 fully saturated rings. The van der Waals surface area contributed by atoms with Crippen molar-refractivity contribution in [1.82, 2.24) is 9.80 Å². The molecule has 1 heterocycles. The Morgan fingerprint density at radius 3 is 2.59 bits per heavy atom. The van der Waals surface area contributed by atoms with Gasteiger partial charge in [-0.15, -0.1) is 0 Å². The minimum absolute atomic E-state index is 0. The number of aryl methyl sites for hydroxylation is 1. The molecule has 0 aliphatic carbocycles. The second-order valence-electron chi connectivity index (χ2n) is 6.37. The second kappa shape index (κ2) is 11.4. The van der Waals surface area contributed by atoms with E-state index in [4.69, 9.17) is 17.0 Å². The van der Waals surface area contributed by atoms with Crippen LogP contribution in [0, 0.1) is 6.92 Å². The summed E-state index contributed by atoms with van der Waals surface area (Å²) in [5.41, 5.74) is 2.15. The van der Waals surface area contributed by atoms with Crippen LogP contribution in [0.4, 0.5) is 0 Å². The lowest BCUT2D eigenvalue weighted by Crippen LogP contribution is -3.00. The van der Waals surface area contributed by atoms with Gasteiger partial charge in [0.2, 0.25) is 0 Å². The van der Waals surface area contributed by atoms with E-state index in [9.17, 15) is 9.59 Å². The number of esters is 1. The first-order chi connectivity index (χ1) is 12.4. The van der Waals surface area contributed by atoms with E-state index in [2.05, 4.69) is 0 Å². The normalized spacial score (nSPS) is 15.4. The molecule has 8 heteroatoms. The maximum absolute atomic E-state index is 12.5. The van der Waals surface area contributed by atoms with Gasteiger partial charge in [0.15, 0.2) is 0 Å². The van der Waals surface area contributed by atoms with Crippen molar-refractivity contribution in [3.8, 4) is 0 Å². The molecule has 0 spiro atoms. The molecule has 1 aliphatic rings. The maximum atomic E-state index is 12.5. The SMILES string of the molecule is Cc1ccc(/C=C2\SC(=S)N(CCCC(=O)OCCN(C)C)C2=O)cc1.[Cl-]. The Morgan fingerprint density at radius 2 is 1.96 bits per heavy atom. The topological polar surface area (TPSA) is 49.9 Å². The van der Waals surface area contributed by atoms with E-state index in [0.29, 0.717) is 35.3 Å². The van der Waals surface area contributed by atoms with Crippen LogP contribution in [0.1, 0.15) is 24.0 Å². The van der Waals surface area contributed by atoms with Gasteiger partial charge in [-0.05, 0) is 39.1 Å². The minimum Gasteiger partial charge on any atom is -1.00 e. The summed E-state index contributed by atoms with van der Waals surface area (Å²) < 4.78 is 5.68. The van der Waals surface area contributed by atoms with Crippen LogP contribution in [0.15, 0.2) is 29.2 Å². The van der Waals surface area contributed by atoms with Crippen molar-refractivity contribution in [1.29, 1.82) is 0 Å². The first-order valence-corrected chi connectivity index (χ1v) is 9.71. The lowest BCUT2D eigenvalue weighted by molar-refractivity contribution is -0.144. The predicted molar refractivity (Wildman–Crippen MR) is 110 cm³/mol. The van der Waals surface area contributed by atoms with Crippen LogP contribution in [-0.4, -0.2) is 59.8 Å². The van der Waals surface area contributed by atoms with Gasteiger partial charge >= 0.3 is 5.97 Å². The molecule has 1 aliphatic heterocycles. The highest BCUT2D eigenvalue weighted by Gasteiger charge is 2.31. The fourth-order valence-corrected chi connectivity index (χ4v) is 3.61. The lowest BCUT2D eigenvalue weighted by Gasteiger charge is -2.14. The summed E-state index contributed by atoms with van der Waals surface area (Å²) in [6, 6.07) is 7.97. The third-order valence-electron chi connectivity index (χ3n) is 3.81. The predicted octanol–water partition coefficient (Wildman–Crippen LogP) is 0.0852. The molecule has 148 valence electrons. The Morgan fingerprint density at radius 1 is 1.30 bits per heavy atom. The highest BCUT2D eigenvalue weighted by molar-refractivity contribution is 8.26. The largest absolute Gasteiger partial charge is 1.00 e. The number of halogens is 1. The molecule has 1 aromatic rings. The van der Waals surface area contributed by atoms with Gasteiger partial charge in [-0.1, -0.05) is 53.8 Å². The highest BCUT2D eigenvalue weighted by atomic mass is 35.5. The number of hydrogen-bond donors (Lipinski definition) is 0. The summed E-state index contributed by atoms with van der Waals surface area (Å²) in [6.45, 7) is 3.53. The van der Waals surface area contributed by atoms with Crippen molar-refractivity contribution in [2.45, 2.75) is 19.8 Å². The standard InChI is InChI=1S/C19H24N2O3S2.ClH/c1-14-6-8-15(9-7-14)13-16-18(23)21(19(25)26-16)10-4-5-17(22)24-12-11-20(2)3;/h6-9,13H,4-5,10-12H2,1-3H3;1H/p-1/b16-13-;. The summed E-state index contributed by atoms with van der Waals surface area (Å²) in [5, 5.41) is 0. The molecule has 0 N–H and O–H groups in total. The summed E-state index contributed by atoms with van der Waals surface area (Å²) in [4.78, 5) is 28.4. The number of ether oxygens (including phenoxy) is 1. The van der Waals surface area contributed by atoms with Crippen molar-refractivity contribution in [2.75, 3.05) is 33.8 Å². The van der Waals surface area contributed by atoms with Crippen molar-refractivity contribution in [2.24, 2.45) is 0 Å². The molecule has 0 radical (unpaired) electrons. The van der Waals surface area contributed by atoms with Crippen molar-refractivity contribution >= 4 is 46.3 Å². The fourth-order valence-electron chi connectivity index (χ4n) is 2.30. The van der Waals surface area contributed by atoms with E-state index in [1.807, 2.05) is 56.3 Å². The van der Waals surface area contributed by atoms with Crippen LogP contribution in [0.5, 0.6) is 0 Å². The van der Waals surface area contributed by atoms with Gasteiger partial charge in [0, 0.05) is 19.5 Å². The van der Waals surface area contributed by atoms with E-state index >= 15 is 0 Å². The molecule has 0 saturated carbocycles. The monoisotopic (exact) mass is 427 g/mol. The molecule has 0 unspecified atom stereocenters. The van der Waals surface area contributed by atoms with Gasteiger partial charge in [-0.25, -0.2) is 0 Å². The number of benzene rings is 1. The second-order valence-corrected chi connectivity index (χ2v) is 8.05. The first-order valence-electron chi connectivity index (χ1n) is 8.49. The number of amides is 1. The minimum atomic E-state index is -0.243. The first kappa shape index (κ1) is 23.6. The van der Waals surface area contributed by atoms with E-state index in [0.717, 1.165) is 5.56 Å². The van der Waals surface area contributed by atoms with Crippen LogP contribution in [0.25, 0.3) is 6.08 Å². The van der Waals surface area contributed by atoms with Gasteiger partial charge in [0.1, 0.15) is 10.9 Å². The third kappa shape index (κ3) is 7.62. The van der Waals surface area contributed by atoms with E-state index in [1.165, 1.54) is 17.3 Å². The zero-order valence-electron chi connectivity index (χ0n) is 15.7. The summed E-state index contributed by atoms with van der Waals surface area (Å²) in [5.74, 6) is -0.339. The summed E-state index contributed by atoms with van der Waals surface area (Å²) in [7, 11) is 3.85. The zero-order chi connectivity index (χ0) is 19.1. The number of rotatable bonds is 8. The third-order valence-corrected chi connectivity index (χ3v) is 5.19. The Hall–Kier alpha value is -1.41. The molecule has 1 amide bonds. The molecule has 1 aromatic carbocycles. The Kier molecular flexibility index (Phi) is 10.0.